The number of rotatable bonds is 6. The van der Waals surface area contributed by atoms with Crippen LogP contribution >= 0.6 is 15.9 Å². The molecule has 0 aromatic carbocycles. The molecule has 4 nitrogen and oxygen atoms in total. The van der Waals surface area contributed by atoms with Crippen molar-refractivity contribution in [3.05, 3.63) is 15.9 Å². The van der Waals surface area contributed by atoms with E-state index in [1.165, 1.54) is 0 Å². The van der Waals surface area contributed by atoms with E-state index in [0.29, 0.717) is 6.04 Å². The van der Waals surface area contributed by atoms with E-state index in [4.69, 9.17) is 0 Å². The number of aliphatic hydroxyl groups excluding tert-OH is 1. The first-order chi connectivity index (χ1) is 8.29. The molecule has 5 heteroatoms. The molecule has 0 fully saturated rings. The molecule has 0 saturated carbocycles. The third kappa shape index (κ3) is 3.80. The van der Waals surface area contributed by atoms with Crippen LogP contribution in [0.15, 0.2) is 4.47 Å². The Hall–Kier alpha value is -0.390. The molecule has 1 heterocycles. The van der Waals surface area contributed by atoms with Crippen molar-refractivity contribution >= 4 is 15.9 Å². The average molecular weight is 318 g/mol. The van der Waals surface area contributed by atoms with Crippen LogP contribution in [0.4, 0.5) is 0 Å². The lowest BCUT2D eigenvalue weighted by Gasteiger charge is -2.31. The summed E-state index contributed by atoms with van der Waals surface area (Å²) in [7, 11) is 0. The number of hydrogen-bond donors (Lipinski definition) is 2. The zero-order valence-electron chi connectivity index (χ0n) is 11.9. The zero-order valence-corrected chi connectivity index (χ0v) is 13.5. The minimum Gasteiger partial charge on any atom is -0.394 e. The summed E-state index contributed by atoms with van der Waals surface area (Å²) in [5.41, 5.74) is 1.89. The highest BCUT2D eigenvalue weighted by Crippen LogP contribution is 2.21. The SMILES string of the molecule is Cc1nn(CCC(C)(CO)NC(C)C)c(C)c1Br. The largest absolute Gasteiger partial charge is 0.394 e. The zero-order chi connectivity index (χ0) is 13.9. The van der Waals surface area contributed by atoms with Gasteiger partial charge in [-0.25, -0.2) is 0 Å². The summed E-state index contributed by atoms with van der Waals surface area (Å²) in [5, 5.41) is 17.4. The van der Waals surface area contributed by atoms with Gasteiger partial charge in [0.2, 0.25) is 0 Å². The van der Waals surface area contributed by atoms with Crippen LogP contribution in [-0.4, -0.2) is 33.1 Å². The molecule has 0 aliphatic carbocycles. The number of halogens is 1. The molecule has 0 bridgehead atoms. The molecule has 1 aromatic rings. The van der Waals surface area contributed by atoms with E-state index in [1.54, 1.807) is 0 Å². The Labute approximate surface area is 118 Å². The van der Waals surface area contributed by atoms with E-state index in [9.17, 15) is 5.11 Å². The highest BCUT2D eigenvalue weighted by molar-refractivity contribution is 9.10. The number of nitrogens with zero attached hydrogens (tertiary/aromatic N) is 2. The van der Waals surface area contributed by atoms with Gasteiger partial charge in [0, 0.05) is 23.8 Å². The van der Waals surface area contributed by atoms with Crippen molar-refractivity contribution in [3.63, 3.8) is 0 Å². The van der Waals surface area contributed by atoms with Gasteiger partial charge in [0.05, 0.1) is 16.8 Å². The Kier molecular flexibility index (Phi) is 5.37. The Morgan fingerprint density at radius 1 is 1.44 bits per heavy atom. The van der Waals surface area contributed by atoms with Crippen LogP contribution in [0.25, 0.3) is 0 Å². The normalized spacial score (nSPS) is 15.1. The molecule has 18 heavy (non-hydrogen) atoms. The molecule has 0 spiro atoms. The maximum Gasteiger partial charge on any atom is 0.0738 e. The van der Waals surface area contributed by atoms with Crippen molar-refractivity contribution in [1.82, 2.24) is 15.1 Å². The van der Waals surface area contributed by atoms with Crippen molar-refractivity contribution in [1.29, 1.82) is 0 Å². The van der Waals surface area contributed by atoms with Gasteiger partial charge in [-0.05, 0) is 43.1 Å². The van der Waals surface area contributed by atoms with Gasteiger partial charge in [-0.15, -0.1) is 0 Å². The molecule has 1 rings (SSSR count). The van der Waals surface area contributed by atoms with Crippen LogP contribution in [0.5, 0.6) is 0 Å². The van der Waals surface area contributed by atoms with Gasteiger partial charge in [-0.2, -0.15) is 5.10 Å². The van der Waals surface area contributed by atoms with E-state index in [-0.39, 0.29) is 12.1 Å². The molecule has 1 atom stereocenters. The van der Waals surface area contributed by atoms with Gasteiger partial charge in [-0.1, -0.05) is 13.8 Å². The van der Waals surface area contributed by atoms with Crippen LogP contribution in [0.3, 0.4) is 0 Å². The molecule has 0 amide bonds. The predicted octanol–water partition coefficient (Wildman–Crippen LogP) is 2.40. The van der Waals surface area contributed by atoms with Crippen molar-refractivity contribution in [2.24, 2.45) is 0 Å². The van der Waals surface area contributed by atoms with Gasteiger partial charge in [0.15, 0.2) is 0 Å². The van der Waals surface area contributed by atoms with Gasteiger partial charge >= 0.3 is 0 Å². The number of nitrogens with one attached hydrogen (secondary N) is 1. The lowest BCUT2D eigenvalue weighted by atomic mass is 9.98. The van der Waals surface area contributed by atoms with Crippen LogP contribution in [0.2, 0.25) is 0 Å². The minimum atomic E-state index is -0.257. The molecule has 0 aliphatic rings. The maximum atomic E-state index is 9.54. The summed E-state index contributed by atoms with van der Waals surface area (Å²) < 4.78 is 3.07. The molecule has 0 aliphatic heterocycles. The van der Waals surface area contributed by atoms with Gasteiger partial charge in [0.1, 0.15) is 0 Å². The van der Waals surface area contributed by atoms with Crippen molar-refractivity contribution in [2.75, 3.05) is 6.61 Å². The van der Waals surface area contributed by atoms with E-state index in [0.717, 1.165) is 28.8 Å². The van der Waals surface area contributed by atoms with Gasteiger partial charge in [-0.3, -0.25) is 4.68 Å². The third-order valence-electron chi connectivity index (χ3n) is 3.15. The molecule has 2 N–H and O–H groups in total. The van der Waals surface area contributed by atoms with Gasteiger partial charge < -0.3 is 10.4 Å². The van der Waals surface area contributed by atoms with Crippen molar-refractivity contribution in [3.8, 4) is 0 Å². The minimum absolute atomic E-state index is 0.131. The van der Waals surface area contributed by atoms with Gasteiger partial charge in [0.25, 0.3) is 0 Å². The fourth-order valence-corrected chi connectivity index (χ4v) is 2.42. The Bertz CT molecular complexity index is 403. The highest BCUT2D eigenvalue weighted by Gasteiger charge is 2.24. The lowest BCUT2D eigenvalue weighted by Crippen LogP contribution is -2.49. The molecule has 1 unspecified atom stereocenters. The Balaban J connectivity index is 2.70. The maximum absolute atomic E-state index is 9.54. The summed E-state index contributed by atoms with van der Waals surface area (Å²) in [4.78, 5) is 0. The topological polar surface area (TPSA) is 50.1 Å². The molecule has 0 saturated heterocycles. The van der Waals surface area contributed by atoms with E-state index >= 15 is 0 Å². The number of aryl methyl sites for hydroxylation is 2. The monoisotopic (exact) mass is 317 g/mol. The number of aromatic nitrogens is 2. The fourth-order valence-electron chi connectivity index (χ4n) is 2.14. The second-order valence-electron chi connectivity index (χ2n) is 5.48. The summed E-state index contributed by atoms with van der Waals surface area (Å²) in [6.45, 7) is 11.2. The smallest absolute Gasteiger partial charge is 0.0738 e. The summed E-state index contributed by atoms with van der Waals surface area (Å²) in [6.07, 6.45) is 0.843. The first kappa shape index (κ1) is 15.7. The summed E-state index contributed by atoms with van der Waals surface area (Å²) in [6, 6.07) is 0.356. The lowest BCUT2D eigenvalue weighted by molar-refractivity contribution is 0.150. The number of aliphatic hydroxyl groups is 1. The Morgan fingerprint density at radius 3 is 2.44 bits per heavy atom. The predicted molar refractivity (Wildman–Crippen MR) is 77.8 cm³/mol. The van der Waals surface area contributed by atoms with Crippen LogP contribution in [0, 0.1) is 13.8 Å². The number of hydrogen-bond acceptors (Lipinski definition) is 3. The molecular formula is C13H24BrN3O. The molecule has 1 aromatic heterocycles. The quantitative estimate of drug-likeness (QED) is 0.847. The molecule has 104 valence electrons. The first-order valence-corrected chi connectivity index (χ1v) is 7.16. The highest BCUT2D eigenvalue weighted by atomic mass is 79.9. The van der Waals surface area contributed by atoms with E-state index in [2.05, 4.69) is 47.1 Å². The fraction of sp³-hybridized carbons (Fsp3) is 0.769. The van der Waals surface area contributed by atoms with Crippen molar-refractivity contribution in [2.45, 2.75) is 59.2 Å². The van der Waals surface area contributed by atoms with Crippen LogP contribution in [-0.2, 0) is 6.54 Å². The summed E-state index contributed by atoms with van der Waals surface area (Å²) in [5.74, 6) is 0. The standard InChI is InChI=1S/C13H24BrN3O/c1-9(2)15-13(5,8-18)6-7-17-11(4)12(14)10(3)16-17/h9,15,18H,6-8H2,1-5H3. The van der Waals surface area contributed by atoms with E-state index in [1.807, 2.05) is 18.5 Å². The summed E-state index contributed by atoms with van der Waals surface area (Å²) >= 11 is 3.53. The van der Waals surface area contributed by atoms with E-state index < -0.39 is 0 Å². The Morgan fingerprint density at radius 2 is 2.06 bits per heavy atom. The molecular weight excluding hydrogens is 294 g/mol. The second-order valence-corrected chi connectivity index (χ2v) is 6.27. The first-order valence-electron chi connectivity index (χ1n) is 6.37. The van der Waals surface area contributed by atoms with Crippen LogP contribution < -0.4 is 5.32 Å². The van der Waals surface area contributed by atoms with Crippen LogP contribution in [0.1, 0.15) is 38.6 Å². The van der Waals surface area contributed by atoms with Crippen molar-refractivity contribution < 1.29 is 5.11 Å². The average Bonchev–Trinajstić information content (AvgIpc) is 2.53. The second kappa shape index (κ2) is 6.17. The molecule has 0 radical (unpaired) electrons. The third-order valence-corrected chi connectivity index (χ3v) is 4.30.